The molecule has 3 atom stereocenters. The number of carbonyl (C=O) groups is 1. The predicted octanol–water partition coefficient (Wildman–Crippen LogP) is 1.41. The maximum Gasteiger partial charge on any atom is 0.217 e. The Bertz CT molecular complexity index is 454. The summed E-state index contributed by atoms with van der Waals surface area (Å²) in [4.78, 5) is 15.3. The van der Waals surface area contributed by atoms with Crippen LogP contribution in [-0.2, 0) is 4.79 Å². The number of carbonyl (C=O) groups excluding carboxylic acids is 1. The molecule has 2 N–H and O–H groups in total. The highest BCUT2D eigenvalue weighted by atomic mass is 16.1. The van der Waals surface area contributed by atoms with Crippen molar-refractivity contribution in [3.8, 4) is 0 Å². The van der Waals surface area contributed by atoms with Crippen LogP contribution in [-0.4, -0.2) is 22.7 Å². The van der Waals surface area contributed by atoms with Crippen LogP contribution in [0.5, 0.6) is 0 Å². The fourth-order valence-electron chi connectivity index (χ4n) is 4.29. The fraction of sp³-hybridized carbons (Fsp3) is 0.875. The van der Waals surface area contributed by atoms with Crippen molar-refractivity contribution in [3.05, 3.63) is 0 Å². The first kappa shape index (κ1) is 14.5. The highest BCUT2D eigenvalue weighted by Gasteiger charge is 2.64. The van der Waals surface area contributed by atoms with E-state index >= 15 is 0 Å². The zero-order chi connectivity index (χ0) is 14.7. The van der Waals surface area contributed by atoms with Crippen molar-refractivity contribution in [2.45, 2.75) is 78.8 Å². The maximum atomic E-state index is 11.6. The van der Waals surface area contributed by atoms with Gasteiger partial charge in [0.1, 0.15) is 0 Å². The van der Waals surface area contributed by atoms with Gasteiger partial charge in [-0.1, -0.05) is 6.92 Å². The third-order valence-corrected chi connectivity index (χ3v) is 6.43. The van der Waals surface area contributed by atoms with Crippen LogP contribution >= 0.6 is 0 Å². The molecule has 1 fully saturated rings. The molecule has 0 saturated heterocycles. The predicted molar refractivity (Wildman–Crippen MR) is 78.0 cm³/mol. The van der Waals surface area contributed by atoms with Gasteiger partial charge < -0.3 is 5.32 Å². The monoisotopic (exact) mass is 265 g/mol. The van der Waals surface area contributed by atoms with Crippen molar-refractivity contribution in [1.82, 2.24) is 5.32 Å². The second-order valence-corrected chi connectivity index (χ2v) is 7.96. The lowest BCUT2D eigenvalue weighted by Gasteiger charge is -2.59. The maximum absolute atomic E-state index is 11.6. The highest BCUT2D eigenvalue weighted by molar-refractivity contribution is 5.86. The average molecular weight is 265 g/mol. The van der Waals surface area contributed by atoms with Crippen LogP contribution in [0.15, 0.2) is 0 Å². The van der Waals surface area contributed by atoms with Gasteiger partial charge in [-0.3, -0.25) is 4.79 Å². The molecule has 3 unspecified atom stereocenters. The lowest BCUT2D eigenvalue weighted by Crippen LogP contribution is -2.95. The molecule has 0 radical (unpaired) electrons. The second-order valence-electron chi connectivity index (χ2n) is 7.96. The molecule has 0 aromatic rings. The van der Waals surface area contributed by atoms with Crippen LogP contribution in [0.1, 0.15) is 67.7 Å². The molecule has 0 aromatic carbocycles. The minimum Gasteiger partial charge on any atom is -0.350 e. The van der Waals surface area contributed by atoms with Crippen LogP contribution in [0.2, 0.25) is 0 Å². The third kappa shape index (κ3) is 1.85. The van der Waals surface area contributed by atoms with Crippen LogP contribution < -0.4 is 10.3 Å². The SMILES string of the molecule is CC(=O)NC1(C)CCC2(C)CC1(C)C(C)=[NH+]C2(C)C. The van der Waals surface area contributed by atoms with E-state index in [0.29, 0.717) is 0 Å². The summed E-state index contributed by atoms with van der Waals surface area (Å²) in [5, 5.41) is 3.23. The lowest BCUT2D eigenvalue weighted by atomic mass is 9.48. The summed E-state index contributed by atoms with van der Waals surface area (Å²) >= 11 is 0. The molecular formula is C16H29N2O+. The molecule has 2 rings (SSSR count). The van der Waals surface area contributed by atoms with E-state index in [0.717, 1.165) is 19.3 Å². The number of fused-ring (bicyclic) bond motifs is 2. The molecule has 0 spiro atoms. The topological polar surface area (TPSA) is 43.1 Å². The van der Waals surface area contributed by atoms with E-state index in [4.69, 9.17) is 0 Å². The summed E-state index contributed by atoms with van der Waals surface area (Å²) in [6, 6.07) is 0. The second kappa shape index (κ2) is 3.83. The molecule has 1 aliphatic heterocycles. The normalized spacial score (nSPS) is 44.5. The Kier molecular flexibility index (Phi) is 2.93. The van der Waals surface area contributed by atoms with E-state index in [1.165, 1.54) is 5.71 Å². The van der Waals surface area contributed by atoms with Gasteiger partial charge in [0.2, 0.25) is 5.91 Å². The Hall–Kier alpha value is -0.860. The summed E-state index contributed by atoms with van der Waals surface area (Å²) in [6.07, 6.45) is 3.32. The van der Waals surface area contributed by atoms with E-state index in [1.54, 1.807) is 6.92 Å². The van der Waals surface area contributed by atoms with Crippen LogP contribution in [0, 0.1) is 10.8 Å². The third-order valence-electron chi connectivity index (χ3n) is 6.43. The van der Waals surface area contributed by atoms with Gasteiger partial charge >= 0.3 is 0 Å². The number of amides is 1. The number of hydrogen-bond donors (Lipinski definition) is 2. The number of nitrogens with one attached hydrogen (secondary N) is 2. The quantitative estimate of drug-likeness (QED) is 0.740. The Balaban J connectivity index is 2.52. The van der Waals surface area contributed by atoms with Gasteiger partial charge in [0.15, 0.2) is 11.3 Å². The molecule has 1 heterocycles. The summed E-state index contributed by atoms with van der Waals surface area (Å²) in [5.74, 6) is 0.0740. The largest absolute Gasteiger partial charge is 0.350 e. The molecular weight excluding hydrogens is 236 g/mol. The van der Waals surface area contributed by atoms with Gasteiger partial charge in [0.05, 0.1) is 11.0 Å². The molecule has 19 heavy (non-hydrogen) atoms. The Morgan fingerprint density at radius 1 is 1.16 bits per heavy atom. The summed E-state index contributed by atoms with van der Waals surface area (Å²) < 4.78 is 0. The molecule has 0 aromatic heterocycles. The number of hydrogen-bond acceptors (Lipinski definition) is 1. The minimum atomic E-state index is -0.147. The minimum absolute atomic E-state index is 0.0151. The molecule has 1 saturated carbocycles. The van der Waals surface area contributed by atoms with Gasteiger partial charge in [-0.2, -0.15) is 0 Å². The molecule has 1 amide bonds. The highest BCUT2D eigenvalue weighted by Crippen LogP contribution is 2.56. The van der Waals surface area contributed by atoms with Crippen LogP contribution in [0.25, 0.3) is 0 Å². The van der Waals surface area contributed by atoms with E-state index in [-0.39, 0.29) is 27.8 Å². The average Bonchev–Trinajstić information content (AvgIpc) is 2.21. The first-order chi connectivity index (χ1) is 8.46. The van der Waals surface area contributed by atoms with Gasteiger partial charge in [0, 0.05) is 33.1 Å². The summed E-state index contributed by atoms with van der Waals surface area (Å²) in [6.45, 7) is 15.3. The van der Waals surface area contributed by atoms with Crippen molar-refractivity contribution in [1.29, 1.82) is 0 Å². The van der Waals surface area contributed by atoms with Gasteiger partial charge in [-0.15, -0.1) is 0 Å². The molecule has 3 heteroatoms. The van der Waals surface area contributed by atoms with Gasteiger partial charge in [0.25, 0.3) is 0 Å². The molecule has 2 aliphatic rings. The lowest BCUT2D eigenvalue weighted by molar-refractivity contribution is -0.584. The number of rotatable bonds is 1. The smallest absolute Gasteiger partial charge is 0.217 e. The molecule has 3 nitrogen and oxygen atoms in total. The van der Waals surface area contributed by atoms with Crippen LogP contribution in [0.3, 0.4) is 0 Å². The van der Waals surface area contributed by atoms with Crippen molar-refractivity contribution in [2.24, 2.45) is 10.8 Å². The Morgan fingerprint density at radius 3 is 2.26 bits per heavy atom. The fourth-order valence-corrected chi connectivity index (χ4v) is 4.29. The molecule has 2 bridgehead atoms. The van der Waals surface area contributed by atoms with Crippen LogP contribution in [0.4, 0.5) is 0 Å². The zero-order valence-corrected chi connectivity index (χ0v) is 13.5. The van der Waals surface area contributed by atoms with Crippen molar-refractivity contribution in [2.75, 3.05) is 0 Å². The van der Waals surface area contributed by atoms with Crippen molar-refractivity contribution < 1.29 is 9.79 Å². The summed E-state index contributed by atoms with van der Waals surface area (Å²) in [7, 11) is 0. The standard InChI is InChI=1S/C16H28N2O/c1-11-15(6)10-14(5,13(3,4)17-11)8-9-16(15,7)18-12(2)19/h8-10H2,1-7H3,(H,18,19)/p+1. The van der Waals surface area contributed by atoms with Gasteiger partial charge in [-0.05, 0) is 33.1 Å². The Labute approximate surface area is 117 Å². The van der Waals surface area contributed by atoms with Crippen molar-refractivity contribution in [3.63, 3.8) is 0 Å². The van der Waals surface area contributed by atoms with Gasteiger partial charge in [-0.25, -0.2) is 4.99 Å². The first-order valence-corrected chi connectivity index (χ1v) is 7.37. The van der Waals surface area contributed by atoms with E-state index in [9.17, 15) is 4.79 Å². The van der Waals surface area contributed by atoms with E-state index in [2.05, 4.69) is 51.9 Å². The van der Waals surface area contributed by atoms with E-state index in [1.807, 2.05) is 0 Å². The zero-order valence-electron chi connectivity index (χ0n) is 13.5. The molecule has 1 aliphatic carbocycles. The molecule has 108 valence electrons. The first-order valence-electron chi connectivity index (χ1n) is 7.37. The Morgan fingerprint density at radius 2 is 1.74 bits per heavy atom. The summed E-state index contributed by atoms with van der Waals surface area (Å²) in [5.41, 5.74) is 1.58. The van der Waals surface area contributed by atoms with E-state index < -0.39 is 0 Å². The van der Waals surface area contributed by atoms with Crippen molar-refractivity contribution >= 4 is 11.6 Å².